The van der Waals surface area contributed by atoms with E-state index >= 15 is 0 Å². The number of rotatable bonds is 1. The molecule has 0 aliphatic heterocycles. The van der Waals surface area contributed by atoms with E-state index in [1.54, 1.807) is 0 Å². The Bertz CT molecular complexity index is 130. The van der Waals surface area contributed by atoms with Gasteiger partial charge in [-0.3, -0.25) is 0 Å². The van der Waals surface area contributed by atoms with Gasteiger partial charge in [-0.2, -0.15) is 0 Å². The standard InChI is InChI=1S/C9H22BP/c1-11(2,3,10)9-7-5-4-6-8-9/h9H,4-8,10H2,1-3H3. The molecule has 0 unspecified atom stereocenters. The third-order valence-corrected chi connectivity index (χ3v) is 6.47. The predicted octanol–water partition coefficient (Wildman–Crippen LogP) is 2.31. The molecule has 11 heavy (non-hydrogen) atoms. The first-order chi connectivity index (χ1) is 4.86. The van der Waals surface area contributed by atoms with Gasteiger partial charge in [0, 0.05) is 0 Å². The van der Waals surface area contributed by atoms with E-state index in [1.807, 2.05) is 0 Å². The topological polar surface area (TPSA) is 0 Å². The molecule has 0 heterocycles. The zero-order chi connectivity index (χ0) is 8.56. The van der Waals surface area contributed by atoms with Crippen molar-refractivity contribution in [3.8, 4) is 0 Å². The van der Waals surface area contributed by atoms with Gasteiger partial charge in [-0.25, -0.2) is 0 Å². The first-order valence-electron chi connectivity index (χ1n) is 4.86. The molecule has 0 aromatic rings. The molecule has 0 aromatic heterocycles. The molecule has 1 aliphatic carbocycles. The van der Waals surface area contributed by atoms with E-state index in [0.29, 0.717) is 0 Å². The summed E-state index contributed by atoms with van der Waals surface area (Å²) >= 11 is 0. The van der Waals surface area contributed by atoms with Crippen molar-refractivity contribution in [2.75, 3.05) is 20.0 Å². The van der Waals surface area contributed by atoms with Crippen LogP contribution < -0.4 is 0 Å². The zero-order valence-electron chi connectivity index (χ0n) is 8.56. The van der Waals surface area contributed by atoms with E-state index < -0.39 is 6.48 Å². The minimum atomic E-state index is -1.21. The summed E-state index contributed by atoms with van der Waals surface area (Å²) in [5, 5.41) is 0. The predicted molar refractivity (Wildman–Crippen MR) is 60.1 cm³/mol. The van der Waals surface area contributed by atoms with Crippen molar-refractivity contribution in [3.63, 3.8) is 0 Å². The molecule has 0 aromatic carbocycles. The molecular weight excluding hydrogens is 150 g/mol. The first-order valence-corrected chi connectivity index (χ1v) is 8.96. The van der Waals surface area contributed by atoms with Crippen LogP contribution in [0, 0.1) is 0 Å². The van der Waals surface area contributed by atoms with Crippen LogP contribution in [0.4, 0.5) is 0 Å². The van der Waals surface area contributed by atoms with E-state index in [2.05, 4.69) is 27.6 Å². The maximum atomic E-state index is 2.53. The number of hydrogen-bond donors (Lipinski definition) is 0. The van der Waals surface area contributed by atoms with Crippen LogP contribution >= 0.6 is 6.48 Å². The van der Waals surface area contributed by atoms with Crippen LogP contribution in [0.15, 0.2) is 0 Å². The van der Waals surface area contributed by atoms with Gasteiger partial charge < -0.3 is 0 Å². The SMILES string of the molecule is BP(C)(C)(C)C1CCCCC1. The van der Waals surface area contributed by atoms with E-state index in [9.17, 15) is 0 Å². The summed E-state index contributed by atoms with van der Waals surface area (Å²) in [4.78, 5) is 0. The molecule has 0 nitrogen and oxygen atoms in total. The van der Waals surface area contributed by atoms with Gasteiger partial charge in [0.15, 0.2) is 0 Å². The van der Waals surface area contributed by atoms with Crippen molar-refractivity contribution in [1.82, 2.24) is 0 Å². The van der Waals surface area contributed by atoms with Gasteiger partial charge in [-0.15, -0.1) is 0 Å². The molecule has 0 N–H and O–H groups in total. The summed E-state index contributed by atoms with van der Waals surface area (Å²) in [6, 6.07) is 0. The Kier molecular flexibility index (Phi) is 2.41. The Labute approximate surface area is 72.4 Å². The Morgan fingerprint density at radius 2 is 1.45 bits per heavy atom. The Morgan fingerprint density at radius 1 is 1.00 bits per heavy atom. The van der Waals surface area contributed by atoms with Gasteiger partial charge in [-0.05, 0) is 0 Å². The summed E-state index contributed by atoms with van der Waals surface area (Å²) in [5.74, 6) is 0. The average Bonchev–Trinajstić information content (AvgIpc) is 1.86. The zero-order valence-corrected chi connectivity index (χ0v) is 9.45. The molecule has 1 fully saturated rings. The third-order valence-electron chi connectivity index (χ3n) is 3.04. The fourth-order valence-corrected chi connectivity index (χ4v) is 4.54. The Morgan fingerprint density at radius 3 is 1.73 bits per heavy atom. The summed E-state index contributed by atoms with van der Waals surface area (Å²) in [5.41, 5.74) is 1.08. The van der Waals surface area contributed by atoms with Crippen molar-refractivity contribution in [2.24, 2.45) is 0 Å². The molecule has 0 radical (unpaired) electrons. The molecule has 0 spiro atoms. The van der Waals surface area contributed by atoms with Gasteiger partial charge in [-0.1, -0.05) is 0 Å². The van der Waals surface area contributed by atoms with Crippen LogP contribution in [0.3, 0.4) is 0 Å². The van der Waals surface area contributed by atoms with Crippen molar-refractivity contribution in [2.45, 2.75) is 37.8 Å². The minimum absolute atomic E-state index is 1.08. The van der Waals surface area contributed by atoms with E-state index in [-0.39, 0.29) is 0 Å². The normalized spacial score (nSPS) is 25.9. The van der Waals surface area contributed by atoms with Gasteiger partial charge >= 0.3 is 71.8 Å². The van der Waals surface area contributed by atoms with Gasteiger partial charge in [0.2, 0.25) is 0 Å². The molecule has 1 rings (SSSR count). The van der Waals surface area contributed by atoms with E-state index in [4.69, 9.17) is 0 Å². The second kappa shape index (κ2) is 2.77. The summed E-state index contributed by atoms with van der Waals surface area (Å²) in [6.45, 7) is 6.37. The second-order valence-electron chi connectivity index (χ2n) is 6.01. The second-order valence-corrected chi connectivity index (χ2v) is 14.2. The molecule has 66 valence electrons. The quantitative estimate of drug-likeness (QED) is 0.420. The molecule has 1 aliphatic rings. The van der Waals surface area contributed by atoms with Crippen LogP contribution in [0.1, 0.15) is 32.1 Å². The van der Waals surface area contributed by atoms with Crippen molar-refractivity contribution < 1.29 is 0 Å². The molecule has 0 bridgehead atoms. The maximum absolute atomic E-state index is 2.53. The summed E-state index contributed by atoms with van der Waals surface area (Å²) < 4.78 is 0. The fraction of sp³-hybridized carbons (Fsp3) is 1.00. The molecule has 0 saturated heterocycles. The molecule has 2 heteroatoms. The summed E-state index contributed by atoms with van der Waals surface area (Å²) in [6.07, 6.45) is 7.50. The Hall–Kier alpha value is 0.495. The average molecular weight is 172 g/mol. The molecule has 0 atom stereocenters. The van der Waals surface area contributed by atoms with E-state index in [0.717, 1.165) is 5.66 Å². The fourth-order valence-electron chi connectivity index (χ4n) is 2.11. The molecule has 0 amide bonds. The first kappa shape index (κ1) is 9.58. The monoisotopic (exact) mass is 172 g/mol. The molecular formula is C9H22BP. The van der Waals surface area contributed by atoms with Gasteiger partial charge in [0.1, 0.15) is 0 Å². The van der Waals surface area contributed by atoms with Crippen LogP contribution in [0.2, 0.25) is 0 Å². The third kappa shape index (κ3) is 2.78. The van der Waals surface area contributed by atoms with Gasteiger partial charge in [0.25, 0.3) is 0 Å². The van der Waals surface area contributed by atoms with Crippen molar-refractivity contribution in [1.29, 1.82) is 0 Å². The Balaban J connectivity index is 2.59. The van der Waals surface area contributed by atoms with Crippen molar-refractivity contribution >= 4 is 14.0 Å². The van der Waals surface area contributed by atoms with Crippen LogP contribution in [0.25, 0.3) is 0 Å². The molecule has 1 saturated carbocycles. The van der Waals surface area contributed by atoms with Crippen molar-refractivity contribution in [3.05, 3.63) is 0 Å². The van der Waals surface area contributed by atoms with Gasteiger partial charge in [0.05, 0.1) is 0 Å². The summed E-state index contributed by atoms with van der Waals surface area (Å²) in [7, 11) is 2.53. The van der Waals surface area contributed by atoms with Crippen LogP contribution in [-0.4, -0.2) is 33.2 Å². The van der Waals surface area contributed by atoms with E-state index in [1.165, 1.54) is 32.1 Å². The van der Waals surface area contributed by atoms with Crippen LogP contribution in [0.5, 0.6) is 0 Å². The van der Waals surface area contributed by atoms with Crippen LogP contribution in [-0.2, 0) is 0 Å². The number of hydrogen-bond acceptors (Lipinski definition) is 0.